The third-order valence-electron chi connectivity index (χ3n) is 1.12. The zero-order chi connectivity index (χ0) is 8.97. The predicted octanol–water partition coefficient (Wildman–Crippen LogP) is -0.691. The number of aliphatic carboxylic acids is 1. The third kappa shape index (κ3) is 2.51. The normalized spacial score (nSPS) is 12.8. The smallest absolute Gasteiger partial charge is 0.321 e. The molecule has 0 saturated heterocycles. The largest absolute Gasteiger partial charge is 0.480 e. The fourth-order valence-electron chi connectivity index (χ4n) is 0.507. The Morgan fingerprint density at radius 2 is 2.67 bits per heavy atom. The molecule has 0 unspecified atom stereocenters. The number of nitrogens with two attached hydrogens (primary N) is 1. The highest BCUT2D eigenvalue weighted by Crippen LogP contribution is 2.12. The van der Waals surface area contributed by atoms with Crippen molar-refractivity contribution >= 4 is 17.7 Å². The summed E-state index contributed by atoms with van der Waals surface area (Å²) in [5.74, 6) is -0.715. The summed E-state index contributed by atoms with van der Waals surface area (Å²) in [6.07, 6.45) is 1.51. The van der Waals surface area contributed by atoms with Gasteiger partial charge in [0.1, 0.15) is 11.1 Å². The molecule has 0 fully saturated rings. The van der Waals surface area contributed by atoms with E-state index in [0.717, 1.165) is 0 Å². The lowest BCUT2D eigenvalue weighted by atomic mass is 10.4. The number of carboxylic acid groups (broad SMARTS) is 1. The molecule has 0 bridgehead atoms. The molecule has 4 N–H and O–H groups in total. The van der Waals surface area contributed by atoms with Gasteiger partial charge in [0.05, 0.1) is 6.20 Å². The fourth-order valence-corrected chi connectivity index (χ4v) is 1.23. The van der Waals surface area contributed by atoms with Crippen molar-refractivity contribution in [2.75, 3.05) is 5.75 Å². The topological polar surface area (TPSA) is 105 Å². The van der Waals surface area contributed by atoms with Gasteiger partial charge >= 0.3 is 5.97 Å². The minimum atomic E-state index is -1.01. The summed E-state index contributed by atoms with van der Waals surface area (Å²) in [4.78, 5) is 10.3. The van der Waals surface area contributed by atoms with Crippen LogP contribution in [-0.4, -0.2) is 38.3 Å². The minimum Gasteiger partial charge on any atom is -0.480 e. The SMILES string of the molecule is N[C@@H](CSc1cn[nH]n1)C(=O)O. The van der Waals surface area contributed by atoms with Crippen molar-refractivity contribution in [2.45, 2.75) is 11.1 Å². The standard InChI is InChI=1S/C5H8N4O2S/c6-3(5(10)11)2-12-4-1-7-9-8-4/h1,3H,2,6H2,(H,10,11)(H,7,8,9)/t3-/m0/s1. The Kier molecular flexibility index (Phi) is 3.06. The Bertz CT molecular complexity index is 250. The van der Waals surface area contributed by atoms with Crippen LogP contribution in [0.5, 0.6) is 0 Å². The first-order valence-corrected chi connectivity index (χ1v) is 4.15. The molecule has 12 heavy (non-hydrogen) atoms. The first kappa shape index (κ1) is 9.01. The lowest BCUT2D eigenvalue weighted by Gasteiger charge is -2.02. The number of aromatic nitrogens is 3. The van der Waals surface area contributed by atoms with Crippen LogP contribution in [0.1, 0.15) is 0 Å². The maximum Gasteiger partial charge on any atom is 0.321 e. The molecule has 0 amide bonds. The monoisotopic (exact) mass is 188 g/mol. The number of H-pyrrole nitrogens is 1. The van der Waals surface area contributed by atoms with E-state index in [-0.39, 0.29) is 0 Å². The molecule has 1 aromatic rings. The second-order valence-corrected chi connectivity index (χ2v) is 3.10. The molecule has 1 heterocycles. The number of nitrogens with zero attached hydrogens (tertiary/aromatic N) is 2. The zero-order valence-electron chi connectivity index (χ0n) is 6.10. The van der Waals surface area contributed by atoms with Crippen molar-refractivity contribution in [3.8, 4) is 0 Å². The first-order valence-electron chi connectivity index (χ1n) is 3.17. The van der Waals surface area contributed by atoms with Gasteiger partial charge < -0.3 is 10.8 Å². The summed E-state index contributed by atoms with van der Waals surface area (Å²) in [7, 11) is 0. The van der Waals surface area contributed by atoms with Crippen LogP contribution in [0.3, 0.4) is 0 Å². The number of rotatable bonds is 4. The number of carboxylic acids is 1. The highest BCUT2D eigenvalue weighted by atomic mass is 32.2. The van der Waals surface area contributed by atoms with Crippen molar-refractivity contribution < 1.29 is 9.90 Å². The molecule has 0 aliphatic carbocycles. The van der Waals surface area contributed by atoms with Gasteiger partial charge in [-0.2, -0.15) is 10.3 Å². The van der Waals surface area contributed by atoms with Gasteiger partial charge in [-0.05, 0) is 0 Å². The number of hydrogen-bond acceptors (Lipinski definition) is 5. The predicted molar refractivity (Wildman–Crippen MR) is 42.7 cm³/mol. The Morgan fingerprint density at radius 3 is 3.17 bits per heavy atom. The second kappa shape index (κ2) is 4.07. The number of aromatic amines is 1. The molecule has 0 aromatic carbocycles. The summed E-state index contributed by atoms with van der Waals surface area (Å²) in [6, 6.07) is -0.855. The van der Waals surface area contributed by atoms with E-state index in [4.69, 9.17) is 10.8 Å². The van der Waals surface area contributed by atoms with Crippen LogP contribution < -0.4 is 5.73 Å². The highest BCUT2D eigenvalue weighted by molar-refractivity contribution is 7.99. The highest BCUT2D eigenvalue weighted by Gasteiger charge is 2.11. The Hall–Kier alpha value is -1.08. The quantitative estimate of drug-likeness (QED) is 0.540. The average Bonchev–Trinajstić information content (AvgIpc) is 2.51. The summed E-state index contributed by atoms with van der Waals surface area (Å²) in [5, 5.41) is 18.8. The van der Waals surface area contributed by atoms with Gasteiger partial charge in [-0.1, -0.05) is 0 Å². The molecule has 1 aromatic heterocycles. The summed E-state index contributed by atoms with van der Waals surface area (Å²) in [6.45, 7) is 0. The number of hydrogen-bond donors (Lipinski definition) is 3. The fraction of sp³-hybridized carbons (Fsp3) is 0.400. The van der Waals surface area contributed by atoms with Gasteiger partial charge in [0.25, 0.3) is 0 Å². The molecule has 7 heteroatoms. The van der Waals surface area contributed by atoms with Gasteiger partial charge in [-0.15, -0.1) is 16.9 Å². The molecule has 0 spiro atoms. The zero-order valence-corrected chi connectivity index (χ0v) is 6.91. The molecule has 1 rings (SSSR count). The second-order valence-electron chi connectivity index (χ2n) is 2.06. The van der Waals surface area contributed by atoms with E-state index in [9.17, 15) is 4.79 Å². The van der Waals surface area contributed by atoms with Gasteiger partial charge in [0.15, 0.2) is 0 Å². The summed E-state index contributed by atoms with van der Waals surface area (Å²) < 4.78 is 0. The van der Waals surface area contributed by atoms with Gasteiger partial charge in [-0.25, -0.2) is 0 Å². The summed E-state index contributed by atoms with van der Waals surface area (Å²) >= 11 is 1.25. The molecule has 0 aliphatic heterocycles. The van der Waals surface area contributed by atoms with E-state index < -0.39 is 12.0 Å². The minimum absolute atomic E-state index is 0.294. The molecule has 0 radical (unpaired) electrons. The number of carbonyl (C=O) groups is 1. The lowest BCUT2D eigenvalue weighted by Crippen LogP contribution is -2.32. The van der Waals surface area contributed by atoms with E-state index in [1.54, 1.807) is 0 Å². The maximum atomic E-state index is 10.3. The van der Waals surface area contributed by atoms with Gasteiger partial charge in [-0.3, -0.25) is 4.79 Å². The molecular weight excluding hydrogens is 180 g/mol. The van der Waals surface area contributed by atoms with Crippen LogP contribution in [0.4, 0.5) is 0 Å². The Morgan fingerprint density at radius 1 is 1.92 bits per heavy atom. The number of thioether (sulfide) groups is 1. The molecule has 6 nitrogen and oxygen atoms in total. The number of nitrogens with one attached hydrogen (secondary N) is 1. The van der Waals surface area contributed by atoms with Crippen LogP contribution in [0, 0.1) is 0 Å². The van der Waals surface area contributed by atoms with Crippen LogP contribution in [0.25, 0.3) is 0 Å². The molecular formula is C5H8N4O2S. The van der Waals surface area contributed by atoms with Crippen LogP contribution in [-0.2, 0) is 4.79 Å². The van der Waals surface area contributed by atoms with E-state index in [0.29, 0.717) is 10.8 Å². The van der Waals surface area contributed by atoms with Crippen molar-refractivity contribution in [3.05, 3.63) is 6.20 Å². The van der Waals surface area contributed by atoms with E-state index >= 15 is 0 Å². The van der Waals surface area contributed by atoms with Crippen molar-refractivity contribution in [1.29, 1.82) is 0 Å². The van der Waals surface area contributed by atoms with Crippen molar-refractivity contribution in [2.24, 2.45) is 5.73 Å². The maximum absolute atomic E-state index is 10.3. The molecule has 0 saturated carbocycles. The third-order valence-corrected chi connectivity index (χ3v) is 2.14. The van der Waals surface area contributed by atoms with Crippen LogP contribution in [0.15, 0.2) is 11.2 Å². The van der Waals surface area contributed by atoms with Crippen LogP contribution >= 0.6 is 11.8 Å². The van der Waals surface area contributed by atoms with Crippen LogP contribution in [0.2, 0.25) is 0 Å². The van der Waals surface area contributed by atoms with Gasteiger partial charge in [0, 0.05) is 5.75 Å². The average molecular weight is 188 g/mol. The Labute approximate surface area is 72.5 Å². The van der Waals surface area contributed by atoms with E-state index in [1.807, 2.05) is 0 Å². The lowest BCUT2D eigenvalue weighted by molar-refractivity contribution is -0.137. The molecule has 1 atom stereocenters. The molecule has 0 aliphatic rings. The molecule has 66 valence electrons. The van der Waals surface area contributed by atoms with Gasteiger partial charge in [0.2, 0.25) is 0 Å². The van der Waals surface area contributed by atoms with E-state index in [2.05, 4.69) is 15.4 Å². The van der Waals surface area contributed by atoms with Crippen molar-refractivity contribution in [1.82, 2.24) is 15.4 Å². The summed E-state index contributed by atoms with van der Waals surface area (Å²) in [5.41, 5.74) is 5.25. The first-order chi connectivity index (χ1) is 5.70. The Balaban J connectivity index is 2.31. The van der Waals surface area contributed by atoms with Crippen molar-refractivity contribution in [3.63, 3.8) is 0 Å². The van der Waals surface area contributed by atoms with E-state index in [1.165, 1.54) is 18.0 Å².